The van der Waals surface area contributed by atoms with E-state index in [1.807, 2.05) is 35.8 Å². The van der Waals surface area contributed by atoms with Crippen molar-refractivity contribution < 1.29 is 4.79 Å². The summed E-state index contributed by atoms with van der Waals surface area (Å²) >= 11 is 6.12. The molecule has 0 aliphatic carbocycles. The first-order valence-corrected chi connectivity index (χ1v) is 8.82. The van der Waals surface area contributed by atoms with E-state index in [4.69, 9.17) is 0 Å². The Balaban J connectivity index is 4.72. The Morgan fingerprint density at radius 1 is 0.857 bits per heavy atom. The van der Waals surface area contributed by atoms with E-state index in [0.717, 1.165) is 9.81 Å². The van der Waals surface area contributed by atoms with E-state index in [-0.39, 0.29) is 5.78 Å². The van der Waals surface area contributed by atoms with Gasteiger partial charge in [0.25, 0.3) is 0 Å². The van der Waals surface area contributed by atoms with Gasteiger partial charge in [0.15, 0.2) is 0 Å². The highest BCUT2D eigenvalue weighted by Gasteiger charge is 2.12. The molecule has 0 heterocycles. The third-order valence-electron chi connectivity index (χ3n) is 1.34. The third kappa shape index (κ3) is 4.87. The van der Waals surface area contributed by atoms with Crippen LogP contribution < -0.4 is 0 Å². The molecule has 0 fully saturated rings. The highest BCUT2D eigenvalue weighted by molar-refractivity contribution is 8.08. The van der Waals surface area contributed by atoms with Crippen LogP contribution >= 0.6 is 47.0 Å². The van der Waals surface area contributed by atoms with Gasteiger partial charge >= 0.3 is 0 Å². The molecular formula is C9H14OS4. The zero-order valence-corrected chi connectivity index (χ0v) is 12.0. The Hall–Kier alpha value is 0.550. The number of carbonyl (C=O) groups excluding carboxylic acids is 1. The van der Waals surface area contributed by atoms with Gasteiger partial charge < -0.3 is 0 Å². The van der Waals surface area contributed by atoms with Gasteiger partial charge in [-0.2, -0.15) is 0 Å². The summed E-state index contributed by atoms with van der Waals surface area (Å²) in [4.78, 5) is 13.5. The number of ketones is 1. The van der Waals surface area contributed by atoms with Crippen molar-refractivity contribution in [1.82, 2.24) is 0 Å². The molecule has 14 heavy (non-hydrogen) atoms. The van der Waals surface area contributed by atoms with Gasteiger partial charge in [0.2, 0.25) is 5.78 Å². The lowest BCUT2D eigenvalue weighted by atomic mass is 10.4. The van der Waals surface area contributed by atoms with Crippen molar-refractivity contribution in [2.75, 3.05) is 25.0 Å². The highest BCUT2D eigenvalue weighted by Crippen LogP contribution is 2.26. The van der Waals surface area contributed by atoms with Gasteiger partial charge in [-0.1, -0.05) is 0 Å². The lowest BCUT2D eigenvalue weighted by molar-refractivity contribution is -0.110. The van der Waals surface area contributed by atoms with Crippen LogP contribution in [-0.4, -0.2) is 30.8 Å². The van der Waals surface area contributed by atoms with E-state index >= 15 is 0 Å². The molecule has 0 aliphatic heterocycles. The van der Waals surface area contributed by atoms with Crippen molar-refractivity contribution in [3.8, 4) is 0 Å². The second-order valence-corrected chi connectivity index (χ2v) is 5.28. The molecule has 0 aliphatic rings. The summed E-state index contributed by atoms with van der Waals surface area (Å²) in [5.41, 5.74) is 0. The molecule has 1 nitrogen and oxygen atoms in total. The van der Waals surface area contributed by atoms with Gasteiger partial charge in [0.05, 0.1) is 9.81 Å². The highest BCUT2D eigenvalue weighted by atomic mass is 32.2. The van der Waals surface area contributed by atoms with Crippen LogP contribution in [0.3, 0.4) is 0 Å². The Morgan fingerprint density at radius 3 is 1.43 bits per heavy atom. The number of thioether (sulfide) groups is 4. The molecule has 0 aromatic carbocycles. The SMILES string of the molecule is CSC=C(SC)C(=O)C(=CSC)SC. The van der Waals surface area contributed by atoms with E-state index in [9.17, 15) is 4.79 Å². The van der Waals surface area contributed by atoms with E-state index in [1.165, 1.54) is 23.5 Å². The molecule has 0 atom stereocenters. The molecule has 0 rings (SSSR count). The molecule has 0 N–H and O–H groups in total. The van der Waals surface area contributed by atoms with Gasteiger partial charge in [-0.05, 0) is 35.8 Å². The number of hydrogen-bond acceptors (Lipinski definition) is 5. The summed E-state index contributed by atoms with van der Waals surface area (Å²) in [6.45, 7) is 0. The van der Waals surface area contributed by atoms with Crippen molar-refractivity contribution in [2.24, 2.45) is 0 Å². The molecule has 0 aromatic rings. The van der Waals surface area contributed by atoms with Crippen LogP contribution in [-0.2, 0) is 4.79 Å². The van der Waals surface area contributed by atoms with Crippen molar-refractivity contribution in [2.45, 2.75) is 0 Å². The molecule has 0 amide bonds. The standard InChI is InChI=1S/C9H14OS4/c1-11-5-7(13-3)9(10)8(14-4)6-12-2/h5-6H,1-4H3. The van der Waals surface area contributed by atoms with E-state index < -0.39 is 0 Å². The summed E-state index contributed by atoms with van der Waals surface area (Å²) in [5.74, 6) is 0.133. The van der Waals surface area contributed by atoms with Crippen LogP contribution in [0.25, 0.3) is 0 Å². The fraction of sp³-hybridized carbons (Fsp3) is 0.444. The minimum Gasteiger partial charge on any atom is -0.287 e. The first-order chi connectivity index (χ1) is 6.71. The van der Waals surface area contributed by atoms with Gasteiger partial charge in [-0.15, -0.1) is 47.0 Å². The van der Waals surface area contributed by atoms with Crippen molar-refractivity contribution in [3.05, 3.63) is 20.6 Å². The van der Waals surface area contributed by atoms with Crippen molar-refractivity contribution in [1.29, 1.82) is 0 Å². The zero-order valence-electron chi connectivity index (χ0n) is 8.70. The number of hydrogen-bond donors (Lipinski definition) is 0. The van der Waals surface area contributed by atoms with Crippen molar-refractivity contribution >= 4 is 52.8 Å². The fourth-order valence-corrected chi connectivity index (χ4v) is 3.37. The maximum Gasteiger partial charge on any atom is 0.206 e. The minimum atomic E-state index is 0.133. The molecule has 0 unspecified atom stereocenters. The molecule has 0 saturated heterocycles. The van der Waals surface area contributed by atoms with E-state index in [1.54, 1.807) is 23.5 Å². The third-order valence-corrected chi connectivity index (χ3v) is 4.06. The molecule has 80 valence electrons. The van der Waals surface area contributed by atoms with Crippen LogP contribution in [0.5, 0.6) is 0 Å². The minimum absolute atomic E-state index is 0.133. The first-order valence-electron chi connectivity index (χ1n) is 3.79. The fourth-order valence-electron chi connectivity index (χ4n) is 0.724. The topological polar surface area (TPSA) is 17.1 Å². The molecule has 5 heteroatoms. The lowest BCUT2D eigenvalue weighted by Crippen LogP contribution is -2.00. The van der Waals surface area contributed by atoms with Gasteiger partial charge in [-0.3, -0.25) is 4.79 Å². The molecule has 0 bridgehead atoms. The maximum atomic E-state index is 11.9. The number of rotatable bonds is 6. The van der Waals surface area contributed by atoms with Gasteiger partial charge in [-0.25, -0.2) is 0 Å². The average Bonchev–Trinajstić information content (AvgIpc) is 2.21. The maximum absolute atomic E-state index is 11.9. The lowest BCUT2D eigenvalue weighted by Gasteiger charge is -2.04. The van der Waals surface area contributed by atoms with Crippen molar-refractivity contribution in [3.63, 3.8) is 0 Å². The van der Waals surface area contributed by atoms with E-state index in [0.29, 0.717) is 0 Å². The van der Waals surface area contributed by atoms with Crippen LogP contribution in [0, 0.1) is 0 Å². The summed E-state index contributed by atoms with van der Waals surface area (Å²) in [5, 5.41) is 3.80. The van der Waals surface area contributed by atoms with Crippen LogP contribution in [0.4, 0.5) is 0 Å². The summed E-state index contributed by atoms with van der Waals surface area (Å²) in [7, 11) is 0. The normalized spacial score (nSPS) is 13.1. The predicted octanol–water partition coefficient (Wildman–Crippen LogP) is 3.69. The summed E-state index contributed by atoms with van der Waals surface area (Å²) in [6.07, 6.45) is 7.77. The van der Waals surface area contributed by atoms with Crippen LogP contribution in [0.15, 0.2) is 20.6 Å². The Kier molecular flexibility index (Phi) is 9.17. The van der Waals surface area contributed by atoms with Gasteiger partial charge in [0.1, 0.15) is 0 Å². The number of Topliss-reactive ketones (excluding diaryl/α,β-unsaturated/α-hetero) is 1. The largest absolute Gasteiger partial charge is 0.287 e. The monoisotopic (exact) mass is 266 g/mol. The zero-order chi connectivity index (χ0) is 11.0. The van der Waals surface area contributed by atoms with Crippen LogP contribution in [0.2, 0.25) is 0 Å². The second-order valence-electron chi connectivity index (χ2n) is 2.17. The van der Waals surface area contributed by atoms with E-state index in [2.05, 4.69) is 0 Å². The Bertz CT molecular complexity index is 221. The van der Waals surface area contributed by atoms with Crippen LogP contribution in [0.1, 0.15) is 0 Å². The molecule has 0 aromatic heterocycles. The van der Waals surface area contributed by atoms with Gasteiger partial charge in [0, 0.05) is 0 Å². The molecule has 0 radical (unpaired) electrons. The quantitative estimate of drug-likeness (QED) is 0.680. The Morgan fingerprint density at radius 2 is 1.21 bits per heavy atom. The first kappa shape index (κ1) is 14.6. The molecular weight excluding hydrogens is 252 g/mol. The summed E-state index contributed by atoms with van der Waals surface area (Å²) < 4.78 is 0. The second kappa shape index (κ2) is 8.83. The average molecular weight is 266 g/mol. The predicted molar refractivity (Wildman–Crippen MR) is 75.2 cm³/mol. The molecule has 0 spiro atoms. The number of carbonyl (C=O) groups is 1. The number of allylic oxidation sites excluding steroid dienone is 2. The Labute approximate surface area is 103 Å². The smallest absolute Gasteiger partial charge is 0.206 e. The summed E-state index contributed by atoms with van der Waals surface area (Å²) in [6, 6.07) is 0. The molecule has 0 saturated carbocycles.